The second kappa shape index (κ2) is 69.2. The molecule has 0 fully saturated rings. The Morgan fingerprint density at radius 3 is 1.25 bits per heavy atom. The molecule has 0 radical (unpaired) electrons. The molecule has 2 aromatic rings. The molecule has 0 bridgehead atoms. The van der Waals surface area contributed by atoms with E-state index < -0.39 is 0 Å². The van der Waals surface area contributed by atoms with E-state index in [1.54, 1.807) is 12.1 Å². The van der Waals surface area contributed by atoms with Crippen LogP contribution in [-0.4, -0.2) is 48.3 Å². The summed E-state index contributed by atoms with van der Waals surface area (Å²) >= 11 is 4.22. The number of rotatable bonds is 56. The minimum absolute atomic E-state index is 0.0420. The van der Waals surface area contributed by atoms with E-state index in [0.717, 1.165) is 119 Å². The summed E-state index contributed by atoms with van der Waals surface area (Å²) in [6.07, 6.45) is 56.4. The average Bonchev–Trinajstić information content (AvgIpc) is 3.65. The number of unbranched alkanes of at least 4 members (excludes halogenated alkanes) is 24. The number of thiol groups is 1. The summed E-state index contributed by atoms with van der Waals surface area (Å²) in [5.74, 6) is 3.53. The third kappa shape index (κ3) is 61.0. The normalized spacial score (nSPS) is 12.3. The molecule has 2 aromatic carbocycles. The van der Waals surface area contributed by atoms with Crippen molar-refractivity contribution in [3.63, 3.8) is 0 Å². The first-order valence-electron chi connectivity index (χ1n) is 38.1. The van der Waals surface area contributed by atoms with Crippen molar-refractivity contribution in [2.24, 2.45) is 17.8 Å². The Morgan fingerprint density at radius 1 is 0.407 bits per heavy atom. The number of esters is 4. The van der Waals surface area contributed by atoms with Crippen LogP contribution in [0.1, 0.15) is 369 Å². The van der Waals surface area contributed by atoms with Crippen LogP contribution in [0.4, 0.5) is 0 Å². The number of carbonyl (C=O) groups excluding carboxylic acids is 4. The molecule has 0 aliphatic rings. The van der Waals surface area contributed by atoms with Crippen LogP contribution in [0.25, 0.3) is 0 Å². The van der Waals surface area contributed by atoms with Gasteiger partial charge in [0.15, 0.2) is 0 Å². The zero-order chi connectivity index (χ0) is 67.5. The van der Waals surface area contributed by atoms with Gasteiger partial charge in [-0.3, -0.25) is 19.2 Å². The largest absolute Gasteiger partial charge is 0.465 e. The zero-order valence-electron chi connectivity index (χ0n) is 60.9. The highest BCUT2D eigenvalue weighted by Gasteiger charge is 2.15. The van der Waals surface area contributed by atoms with E-state index in [-0.39, 0.29) is 36.4 Å². The summed E-state index contributed by atoms with van der Waals surface area (Å²) in [4.78, 5) is 48.6. The number of benzene rings is 2. The molecule has 0 aromatic heterocycles. The van der Waals surface area contributed by atoms with Crippen LogP contribution < -0.4 is 9.47 Å². The summed E-state index contributed by atoms with van der Waals surface area (Å²) in [5, 5.41) is 8.72. The molecule has 0 saturated heterocycles. The van der Waals surface area contributed by atoms with E-state index >= 15 is 0 Å². The highest BCUT2D eigenvalue weighted by molar-refractivity contribution is 7.79. The zero-order valence-corrected chi connectivity index (χ0v) is 61.8. The van der Waals surface area contributed by atoms with Gasteiger partial charge in [-0.2, -0.15) is 12.6 Å². The average molecular weight is 1290 g/mol. The maximum atomic E-state index is 12.3. The summed E-state index contributed by atoms with van der Waals surface area (Å²) in [5.41, 5.74) is 1.97. The van der Waals surface area contributed by atoms with E-state index in [4.69, 9.17) is 24.1 Å². The van der Waals surface area contributed by atoms with Gasteiger partial charge in [0.1, 0.15) is 17.6 Å². The van der Waals surface area contributed by atoms with E-state index in [0.29, 0.717) is 55.6 Å². The molecule has 0 heterocycles. The Morgan fingerprint density at radius 2 is 0.802 bits per heavy atom. The van der Waals surface area contributed by atoms with Gasteiger partial charge in [0, 0.05) is 31.6 Å². The van der Waals surface area contributed by atoms with Crippen LogP contribution in [0.5, 0.6) is 11.5 Å². The number of hydrogen-bond acceptors (Lipinski definition) is 10. The van der Waals surface area contributed by atoms with E-state index in [9.17, 15) is 19.2 Å². The lowest BCUT2D eigenvalue weighted by Crippen LogP contribution is -2.18. The number of hydrogen-bond donors (Lipinski definition) is 2. The number of carbonyl (C=O) groups is 4. The van der Waals surface area contributed by atoms with Crippen molar-refractivity contribution in [3.8, 4) is 11.5 Å². The minimum Gasteiger partial charge on any atom is -0.465 e. The van der Waals surface area contributed by atoms with Crippen molar-refractivity contribution in [1.29, 1.82) is 0 Å². The standard InChI is InChI=1S/C35H58O4.C29H48O4S.C10H22O.C7H16/c1-4-7-9-10-11-12-13-14-15-16-17-18-19-20-21-23-34(36)39-33-26-24-32(25-27-33)30-35(37)38-29-28-31(6-3)22-8-5-2;1-3-5-7-8-10-13-17-26(16-6-4-2)32-28(30)18-14-11-9-12-15-19-29(31)33-27-22-20-25(24-34)21-23-27;1-3-5-6-7-10(4-2)8-9-11;1-4-6-7(3)5-2/h14-15,24-27,31H,4-13,16-23,28-30H2,1-3H3;20-23,26,34H,3-19,24H2,1-2H3;10-11H,3-9H2,1-2H3;7H,4-6H2,1-3H3/b15-14-;;;. The third-order valence-corrected chi connectivity index (χ3v) is 17.8. The van der Waals surface area contributed by atoms with Gasteiger partial charge in [0.05, 0.1) is 13.0 Å². The van der Waals surface area contributed by atoms with Crippen molar-refractivity contribution < 1.29 is 43.2 Å². The molecule has 10 heteroatoms. The summed E-state index contributed by atoms with van der Waals surface area (Å²) in [6.45, 7) is 23.2. The van der Waals surface area contributed by atoms with Gasteiger partial charge in [0.2, 0.25) is 0 Å². The molecular weight excluding hydrogens is 1150 g/mol. The highest BCUT2D eigenvalue weighted by atomic mass is 32.1. The van der Waals surface area contributed by atoms with Crippen molar-refractivity contribution in [1.82, 2.24) is 0 Å². The maximum Gasteiger partial charge on any atom is 0.311 e. The van der Waals surface area contributed by atoms with Gasteiger partial charge >= 0.3 is 23.9 Å². The molecule has 0 saturated carbocycles. The lowest BCUT2D eigenvalue weighted by molar-refractivity contribution is -0.150. The second-order valence-corrected chi connectivity index (χ2v) is 26.3. The van der Waals surface area contributed by atoms with Gasteiger partial charge in [-0.1, -0.05) is 298 Å². The Balaban J connectivity index is 0. The Bertz CT molecular complexity index is 1920. The number of aliphatic hydroxyl groups excluding tert-OH is 1. The fourth-order valence-electron chi connectivity index (χ4n) is 10.9. The minimum atomic E-state index is -0.200. The van der Waals surface area contributed by atoms with Crippen LogP contribution in [0.2, 0.25) is 0 Å². The highest BCUT2D eigenvalue weighted by Crippen LogP contribution is 2.22. The smallest absolute Gasteiger partial charge is 0.311 e. The molecule has 91 heavy (non-hydrogen) atoms. The van der Waals surface area contributed by atoms with Crippen molar-refractivity contribution in [2.75, 3.05) is 13.2 Å². The molecule has 4 atom stereocenters. The molecule has 0 aliphatic carbocycles. The predicted octanol–water partition coefficient (Wildman–Crippen LogP) is 24.7. The Labute approximate surface area is 567 Å². The SMILES string of the molecule is CCCC(C)CC.CCCCCC(CC)CCO.CCCCCCCC/C=C\CCCCCCCC(=O)Oc1ccc(CC(=O)OCCC(CC)CCCC)cc1.CCCCCCCCC(CCCC)OC(=O)CCCCCCCC(=O)Oc1ccc(CS)cc1. The van der Waals surface area contributed by atoms with Gasteiger partial charge < -0.3 is 24.1 Å². The van der Waals surface area contributed by atoms with E-state index in [1.165, 1.54) is 173 Å². The van der Waals surface area contributed by atoms with Crippen molar-refractivity contribution in [3.05, 3.63) is 71.8 Å². The molecular formula is C81H144O9S. The number of ether oxygens (including phenoxy) is 4. The lowest BCUT2D eigenvalue weighted by atomic mass is 9.96. The third-order valence-electron chi connectivity index (χ3n) is 17.4. The molecule has 0 amide bonds. The quantitative estimate of drug-likeness (QED) is 0.0219. The molecule has 0 aliphatic heterocycles. The summed E-state index contributed by atoms with van der Waals surface area (Å²) in [7, 11) is 0. The topological polar surface area (TPSA) is 125 Å². The molecule has 2 rings (SSSR count). The van der Waals surface area contributed by atoms with Crippen molar-refractivity contribution in [2.45, 2.75) is 376 Å². The molecule has 4 unspecified atom stereocenters. The Kier molecular flexibility index (Phi) is 68.0. The van der Waals surface area contributed by atoms with Crippen LogP contribution in [0.15, 0.2) is 60.7 Å². The fraction of sp³-hybridized carbons (Fsp3) is 0.778. The number of aliphatic hydroxyl groups is 1. The first-order valence-corrected chi connectivity index (χ1v) is 38.8. The molecule has 528 valence electrons. The number of allylic oxidation sites excluding steroid dienone is 2. The summed E-state index contributed by atoms with van der Waals surface area (Å²) in [6, 6.07) is 14.6. The van der Waals surface area contributed by atoms with Crippen LogP contribution in [0, 0.1) is 17.8 Å². The second-order valence-electron chi connectivity index (χ2n) is 26.0. The van der Waals surface area contributed by atoms with E-state index in [1.807, 2.05) is 36.4 Å². The maximum absolute atomic E-state index is 12.3. The molecule has 1 N–H and O–H groups in total. The van der Waals surface area contributed by atoms with E-state index in [2.05, 4.69) is 94.0 Å². The van der Waals surface area contributed by atoms with Gasteiger partial charge in [-0.15, -0.1) is 0 Å². The van der Waals surface area contributed by atoms with Crippen LogP contribution in [0.3, 0.4) is 0 Å². The molecule has 0 spiro atoms. The predicted molar refractivity (Wildman–Crippen MR) is 393 cm³/mol. The first-order chi connectivity index (χ1) is 44.3. The fourth-order valence-corrected chi connectivity index (χ4v) is 11.1. The Hall–Kier alpha value is -3.63. The monoisotopic (exact) mass is 1290 g/mol. The molecule has 9 nitrogen and oxygen atoms in total. The summed E-state index contributed by atoms with van der Waals surface area (Å²) < 4.78 is 22.1. The lowest BCUT2D eigenvalue weighted by Gasteiger charge is -2.18. The van der Waals surface area contributed by atoms with Gasteiger partial charge in [0.25, 0.3) is 0 Å². The van der Waals surface area contributed by atoms with Gasteiger partial charge in [-0.05, 0) is 130 Å². The van der Waals surface area contributed by atoms with Crippen molar-refractivity contribution >= 4 is 36.5 Å². The van der Waals surface area contributed by atoms with Crippen LogP contribution >= 0.6 is 12.6 Å². The van der Waals surface area contributed by atoms with Crippen LogP contribution in [-0.2, 0) is 40.8 Å². The van der Waals surface area contributed by atoms with Gasteiger partial charge in [-0.25, -0.2) is 0 Å². The first kappa shape index (κ1) is 89.4.